The third kappa shape index (κ3) is 1.55. The van der Waals surface area contributed by atoms with Crippen LogP contribution in [-0.4, -0.2) is 15.3 Å². The van der Waals surface area contributed by atoms with E-state index in [9.17, 15) is 9.50 Å². The van der Waals surface area contributed by atoms with Crippen molar-refractivity contribution in [3.05, 3.63) is 28.1 Å². The van der Waals surface area contributed by atoms with Crippen molar-refractivity contribution in [2.75, 3.05) is 5.73 Å². The Labute approximate surface area is 99.4 Å². The summed E-state index contributed by atoms with van der Waals surface area (Å²) in [5.41, 5.74) is 6.98. The monoisotopic (exact) mass is 285 g/mol. The van der Waals surface area contributed by atoms with Gasteiger partial charge in [0.2, 0.25) is 0 Å². The number of hydrogen-bond donors (Lipinski definition) is 3. The summed E-state index contributed by atoms with van der Waals surface area (Å²) in [4.78, 5) is 0. The highest BCUT2D eigenvalue weighted by Crippen LogP contribution is 2.38. The number of halogens is 2. The van der Waals surface area contributed by atoms with Gasteiger partial charge in [-0.25, -0.2) is 4.39 Å². The van der Waals surface area contributed by atoms with Crippen LogP contribution in [0.4, 0.5) is 10.2 Å². The molecule has 1 aromatic carbocycles. The molecule has 0 radical (unpaired) electrons. The number of benzene rings is 1. The van der Waals surface area contributed by atoms with Crippen LogP contribution in [0, 0.1) is 12.7 Å². The second kappa shape index (κ2) is 3.79. The highest BCUT2D eigenvalue weighted by Gasteiger charge is 2.17. The van der Waals surface area contributed by atoms with E-state index >= 15 is 0 Å². The van der Waals surface area contributed by atoms with E-state index in [-0.39, 0.29) is 11.4 Å². The summed E-state index contributed by atoms with van der Waals surface area (Å²) < 4.78 is 14.2. The van der Waals surface area contributed by atoms with Crippen molar-refractivity contribution in [3.8, 4) is 16.9 Å². The predicted molar refractivity (Wildman–Crippen MR) is 62.5 cm³/mol. The van der Waals surface area contributed by atoms with Gasteiger partial charge in [-0.2, -0.15) is 5.10 Å². The molecule has 0 spiro atoms. The number of aromatic hydroxyl groups is 1. The van der Waals surface area contributed by atoms with Crippen LogP contribution in [0.25, 0.3) is 11.1 Å². The van der Waals surface area contributed by atoms with E-state index in [1.807, 2.05) is 0 Å². The van der Waals surface area contributed by atoms with Crippen molar-refractivity contribution < 1.29 is 9.50 Å². The largest absolute Gasteiger partial charge is 0.504 e. The normalized spacial score (nSPS) is 10.7. The van der Waals surface area contributed by atoms with Gasteiger partial charge >= 0.3 is 0 Å². The molecule has 0 saturated carbocycles. The number of nitrogen functional groups attached to an aromatic ring is 1. The summed E-state index contributed by atoms with van der Waals surface area (Å²) in [5.74, 6) is -0.874. The average Bonchev–Trinajstić information content (AvgIpc) is 2.67. The first-order valence-corrected chi connectivity index (χ1v) is 5.28. The third-order valence-electron chi connectivity index (χ3n) is 2.32. The van der Waals surface area contributed by atoms with Crippen LogP contribution in [0.2, 0.25) is 0 Å². The maximum atomic E-state index is 13.8. The Kier molecular flexibility index (Phi) is 2.59. The van der Waals surface area contributed by atoms with Crippen LogP contribution < -0.4 is 5.73 Å². The lowest BCUT2D eigenvalue weighted by Crippen LogP contribution is -1.92. The quantitative estimate of drug-likeness (QED) is 0.754. The fourth-order valence-electron chi connectivity index (χ4n) is 1.46. The standard InChI is InChI=1S/C10H9BrFN3O/c1-4-2-5(6-3-14-15-10(6)13)8(12)9(16)7(4)11/h2-3,16H,1H3,(H3,13,14,15). The maximum absolute atomic E-state index is 13.8. The number of H-pyrrole nitrogens is 1. The zero-order chi connectivity index (χ0) is 11.9. The van der Waals surface area contributed by atoms with Gasteiger partial charge in [-0.15, -0.1) is 0 Å². The smallest absolute Gasteiger partial charge is 0.174 e. The second-order valence-electron chi connectivity index (χ2n) is 3.41. The molecule has 0 amide bonds. The Morgan fingerprint density at radius 2 is 2.19 bits per heavy atom. The first-order valence-electron chi connectivity index (χ1n) is 4.49. The molecule has 1 aromatic heterocycles. The molecule has 0 unspecified atom stereocenters. The van der Waals surface area contributed by atoms with E-state index in [2.05, 4.69) is 26.1 Å². The van der Waals surface area contributed by atoms with Crippen molar-refractivity contribution in [3.63, 3.8) is 0 Å². The molecular formula is C10H9BrFN3O. The first kappa shape index (κ1) is 10.9. The molecule has 6 heteroatoms. The van der Waals surface area contributed by atoms with Gasteiger partial charge in [0, 0.05) is 11.1 Å². The Bertz CT molecular complexity index is 553. The minimum absolute atomic E-state index is 0.226. The lowest BCUT2D eigenvalue weighted by Gasteiger charge is -2.08. The van der Waals surface area contributed by atoms with Crippen LogP contribution in [0.1, 0.15) is 5.56 Å². The minimum atomic E-state index is -0.717. The Balaban J connectivity index is 2.72. The number of hydrogen-bond acceptors (Lipinski definition) is 3. The maximum Gasteiger partial charge on any atom is 0.174 e. The lowest BCUT2D eigenvalue weighted by molar-refractivity contribution is 0.430. The molecule has 1 heterocycles. The molecule has 0 atom stereocenters. The van der Waals surface area contributed by atoms with Crippen LogP contribution in [0.3, 0.4) is 0 Å². The zero-order valence-electron chi connectivity index (χ0n) is 8.38. The number of nitrogens with zero attached hydrogens (tertiary/aromatic N) is 1. The molecule has 4 N–H and O–H groups in total. The number of phenolic OH excluding ortho intramolecular Hbond substituents is 1. The second-order valence-corrected chi connectivity index (χ2v) is 4.21. The molecule has 0 aliphatic heterocycles. The third-order valence-corrected chi connectivity index (χ3v) is 3.32. The molecule has 0 aliphatic rings. The van der Waals surface area contributed by atoms with Crippen molar-refractivity contribution in [2.24, 2.45) is 0 Å². The number of phenols is 1. The molecule has 0 bridgehead atoms. The number of aromatic amines is 1. The van der Waals surface area contributed by atoms with E-state index in [4.69, 9.17) is 5.73 Å². The average molecular weight is 286 g/mol. The number of rotatable bonds is 1. The van der Waals surface area contributed by atoms with E-state index in [1.165, 1.54) is 6.20 Å². The highest BCUT2D eigenvalue weighted by atomic mass is 79.9. The number of aromatic nitrogens is 2. The molecule has 84 valence electrons. The van der Waals surface area contributed by atoms with Gasteiger partial charge in [0.1, 0.15) is 5.82 Å². The van der Waals surface area contributed by atoms with E-state index in [1.54, 1.807) is 13.0 Å². The summed E-state index contributed by atoms with van der Waals surface area (Å²) in [6, 6.07) is 1.60. The molecular weight excluding hydrogens is 277 g/mol. The lowest BCUT2D eigenvalue weighted by atomic mass is 10.0. The van der Waals surface area contributed by atoms with E-state index in [0.717, 1.165) is 5.56 Å². The van der Waals surface area contributed by atoms with Crippen LogP contribution in [0.15, 0.2) is 16.7 Å². The summed E-state index contributed by atoms with van der Waals surface area (Å²) in [7, 11) is 0. The zero-order valence-corrected chi connectivity index (χ0v) is 9.97. The Morgan fingerprint density at radius 3 is 2.75 bits per heavy atom. The van der Waals surface area contributed by atoms with Crippen LogP contribution in [-0.2, 0) is 0 Å². The number of nitrogens with two attached hydrogens (primary N) is 1. The van der Waals surface area contributed by atoms with Crippen molar-refractivity contribution in [1.82, 2.24) is 10.2 Å². The minimum Gasteiger partial charge on any atom is -0.504 e. The summed E-state index contributed by atoms with van der Waals surface area (Å²) in [6.45, 7) is 1.75. The van der Waals surface area contributed by atoms with Gasteiger partial charge in [-0.3, -0.25) is 5.10 Å². The number of anilines is 1. The highest BCUT2D eigenvalue weighted by molar-refractivity contribution is 9.10. The predicted octanol–water partition coefficient (Wildman–Crippen LogP) is 2.57. The first-order chi connectivity index (χ1) is 7.52. The summed E-state index contributed by atoms with van der Waals surface area (Å²) in [5, 5.41) is 15.8. The van der Waals surface area contributed by atoms with Crippen LogP contribution >= 0.6 is 15.9 Å². The van der Waals surface area contributed by atoms with Crippen molar-refractivity contribution in [2.45, 2.75) is 6.92 Å². The summed E-state index contributed by atoms with van der Waals surface area (Å²) >= 11 is 3.10. The van der Waals surface area contributed by atoms with Gasteiger partial charge in [0.05, 0.1) is 10.7 Å². The molecule has 4 nitrogen and oxygen atoms in total. The number of nitrogens with one attached hydrogen (secondary N) is 1. The fraction of sp³-hybridized carbons (Fsp3) is 0.100. The Morgan fingerprint density at radius 1 is 1.50 bits per heavy atom. The fourth-order valence-corrected chi connectivity index (χ4v) is 1.75. The molecule has 0 saturated heterocycles. The topological polar surface area (TPSA) is 74.9 Å². The van der Waals surface area contributed by atoms with Gasteiger partial charge < -0.3 is 10.8 Å². The van der Waals surface area contributed by atoms with E-state index in [0.29, 0.717) is 10.0 Å². The van der Waals surface area contributed by atoms with Gasteiger partial charge in [-0.05, 0) is 34.5 Å². The van der Waals surface area contributed by atoms with Gasteiger partial charge in [0.15, 0.2) is 11.6 Å². The molecule has 2 aromatic rings. The number of aryl methyl sites for hydroxylation is 1. The van der Waals surface area contributed by atoms with Gasteiger partial charge in [0.25, 0.3) is 0 Å². The molecule has 16 heavy (non-hydrogen) atoms. The van der Waals surface area contributed by atoms with E-state index < -0.39 is 11.6 Å². The SMILES string of the molecule is Cc1cc(-c2cn[nH]c2N)c(F)c(O)c1Br. The summed E-state index contributed by atoms with van der Waals surface area (Å²) in [6.07, 6.45) is 1.42. The van der Waals surface area contributed by atoms with Crippen molar-refractivity contribution >= 4 is 21.7 Å². The molecule has 0 aliphatic carbocycles. The molecule has 2 rings (SSSR count). The molecule has 0 fully saturated rings. The van der Waals surface area contributed by atoms with Crippen LogP contribution in [0.5, 0.6) is 5.75 Å². The van der Waals surface area contributed by atoms with Gasteiger partial charge in [-0.1, -0.05) is 0 Å². The Hall–Kier alpha value is -1.56. The van der Waals surface area contributed by atoms with Crippen molar-refractivity contribution in [1.29, 1.82) is 0 Å².